The topological polar surface area (TPSA) is 80.7 Å². The Hall–Kier alpha value is -0.900. The SMILES string of the molecule is C[C@H](CCC(=O)OCC(F)(F)C(F)(F)S(=O)(=O)O)[C@H]1CC[C@H]2[C@@H]3CC[C@@H]4CCCC[C@]4(C)[C@H]3CC[C@]12C. The second kappa shape index (κ2) is 9.93. The van der Waals surface area contributed by atoms with Crippen LogP contribution in [-0.4, -0.2) is 36.7 Å². The maximum atomic E-state index is 13.6. The Kier molecular flexibility index (Phi) is 7.81. The third-order valence-electron chi connectivity index (χ3n) is 11.3. The normalized spacial score (nSPS) is 39.3. The van der Waals surface area contributed by atoms with Crippen LogP contribution >= 0.6 is 0 Å². The first kappa shape index (κ1) is 29.1. The lowest BCUT2D eigenvalue weighted by molar-refractivity contribution is -0.196. The van der Waals surface area contributed by atoms with Gasteiger partial charge >= 0.3 is 27.3 Å². The Morgan fingerprint density at radius 2 is 1.65 bits per heavy atom. The molecule has 4 saturated carbocycles. The van der Waals surface area contributed by atoms with Crippen molar-refractivity contribution in [2.75, 3.05) is 6.61 Å². The molecule has 4 aliphatic carbocycles. The Balaban J connectivity index is 1.33. The Labute approximate surface area is 218 Å². The van der Waals surface area contributed by atoms with E-state index in [1.54, 1.807) is 0 Å². The summed E-state index contributed by atoms with van der Waals surface area (Å²) in [5.41, 5.74) is 0.636. The molecule has 0 bridgehead atoms. The summed E-state index contributed by atoms with van der Waals surface area (Å²) >= 11 is 0. The minimum Gasteiger partial charge on any atom is -0.459 e. The summed E-state index contributed by atoms with van der Waals surface area (Å²) in [6.07, 6.45) is 12.9. The number of rotatable bonds is 8. The highest BCUT2D eigenvalue weighted by Crippen LogP contribution is 2.68. The van der Waals surface area contributed by atoms with E-state index in [9.17, 15) is 30.8 Å². The third kappa shape index (κ3) is 4.95. The quantitative estimate of drug-likeness (QED) is 0.196. The molecule has 4 fully saturated rings. The van der Waals surface area contributed by atoms with Crippen LogP contribution < -0.4 is 0 Å². The summed E-state index contributed by atoms with van der Waals surface area (Å²) in [6, 6.07) is 0. The lowest BCUT2D eigenvalue weighted by Gasteiger charge is -2.61. The van der Waals surface area contributed by atoms with E-state index in [1.807, 2.05) is 0 Å². The van der Waals surface area contributed by atoms with Gasteiger partial charge in [0.2, 0.25) is 0 Å². The first-order valence-corrected chi connectivity index (χ1v) is 15.4. The zero-order valence-corrected chi connectivity index (χ0v) is 23.0. The van der Waals surface area contributed by atoms with Crippen molar-refractivity contribution in [3.8, 4) is 0 Å². The average molecular weight is 555 g/mol. The van der Waals surface area contributed by atoms with Crippen LogP contribution in [0.1, 0.15) is 97.8 Å². The highest BCUT2D eigenvalue weighted by atomic mass is 32.2. The highest BCUT2D eigenvalue weighted by Gasteiger charge is 2.66. The molecule has 1 N–H and O–H groups in total. The second-order valence-electron chi connectivity index (χ2n) is 13.0. The molecule has 0 radical (unpaired) electrons. The zero-order chi connectivity index (χ0) is 27.4. The molecule has 0 heterocycles. The van der Waals surface area contributed by atoms with E-state index < -0.39 is 33.9 Å². The number of carbonyl (C=O) groups excluding carboxylic acids is 1. The predicted molar refractivity (Wildman–Crippen MR) is 131 cm³/mol. The molecular formula is C27H42F4O5S. The van der Waals surface area contributed by atoms with Crippen LogP contribution in [0, 0.1) is 46.3 Å². The fourth-order valence-corrected chi connectivity index (χ4v) is 9.77. The van der Waals surface area contributed by atoms with Gasteiger partial charge in [-0.1, -0.05) is 33.6 Å². The van der Waals surface area contributed by atoms with Crippen LogP contribution in [0.3, 0.4) is 0 Å². The highest BCUT2D eigenvalue weighted by molar-refractivity contribution is 7.87. The van der Waals surface area contributed by atoms with Gasteiger partial charge in [0.1, 0.15) is 0 Å². The lowest BCUT2D eigenvalue weighted by Crippen LogP contribution is -2.53. The molecule has 5 nitrogen and oxygen atoms in total. The van der Waals surface area contributed by atoms with E-state index in [-0.39, 0.29) is 17.8 Å². The molecule has 0 aromatic carbocycles. The lowest BCUT2D eigenvalue weighted by atomic mass is 9.44. The molecule has 0 spiro atoms. The summed E-state index contributed by atoms with van der Waals surface area (Å²) in [6.45, 7) is 4.90. The van der Waals surface area contributed by atoms with Gasteiger partial charge in [0.15, 0.2) is 6.61 Å². The van der Waals surface area contributed by atoms with Crippen LogP contribution in [0.15, 0.2) is 0 Å². The van der Waals surface area contributed by atoms with Crippen molar-refractivity contribution in [2.45, 2.75) is 109 Å². The average Bonchev–Trinajstić information content (AvgIpc) is 3.17. The summed E-state index contributed by atoms with van der Waals surface area (Å²) in [5, 5.41) is -5.74. The first-order valence-electron chi connectivity index (χ1n) is 13.9. The van der Waals surface area contributed by atoms with E-state index in [0.717, 1.165) is 30.6 Å². The fourth-order valence-electron chi connectivity index (χ4n) is 9.33. The molecule has 37 heavy (non-hydrogen) atoms. The number of ether oxygens (including phenoxy) is 1. The molecule has 10 heteroatoms. The molecule has 0 unspecified atom stereocenters. The number of esters is 1. The largest absolute Gasteiger partial charge is 0.459 e. The Morgan fingerprint density at radius 1 is 0.973 bits per heavy atom. The predicted octanol–water partition coefficient (Wildman–Crippen LogP) is 7.11. The Morgan fingerprint density at radius 3 is 2.32 bits per heavy atom. The molecule has 4 rings (SSSR count). The van der Waals surface area contributed by atoms with E-state index in [0.29, 0.717) is 23.7 Å². The summed E-state index contributed by atoms with van der Waals surface area (Å²) in [4.78, 5) is 12.1. The minimum atomic E-state index is -6.36. The number of fused-ring (bicyclic) bond motifs is 5. The van der Waals surface area contributed by atoms with Crippen molar-refractivity contribution in [2.24, 2.45) is 46.3 Å². The second-order valence-corrected chi connectivity index (χ2v) is 14.5. The van der Waals surface area contributed by atoms with Crippen LogP contribution in [0.5, 0.6) is 0 Å². The van der Waals surface area contributed by atoms with Gasteiger partial charge in [-0.3, -0.25) is 9.35 Å². The number of hydrogen-bond donors (Lipinski definition) is 1. The molecule has 0 aromatic heterocycles. The molecule has 0 saturated heterocycles. The molecular weight excluding hydrogens is 512 g/mol. The molecule has 214 valence electrons. The molecule has 0 aromatic rings. The zero-order valence-electron chi connectivity index (χ0n) is 22.2. The van der Waals surface area contributed by atoms with E-state index in [2.05, 4.69) is 25.5 Å². The van der Waals surface area contributed by atoms with E-state index >= 15 is 0 Å². The van der Waals surface area contributed by atoms with Gasteiger partial charge in [-0.25, -0.2) is 0 Å². The third-order valence-corrected chi connectivity index (χ3v) is 12.3. The van der Waals surface area contributed by atoms with Gasteiger partial charge in [-0.15, -0.1) is 0 Å². The molecule has 8 atom stereocenters. The van der Waals surface area contributed by atoms with Gasteiger partial charge in [0.25, 0.3) is 0 Å². The van der Waals surface area contributed by atoms with Crippen LogP contribution in [0.25, 0.3) is 0 Å². The maximum absolute atomic E-state index is 13.6. The summed E-state index contributed by atoms with van der Waals surface area (Å²) in [5.74, 6) is -2.73. The van der Waals surface area contributed by atoms with Gasteiger partial charge < -0.3 is 4.74 Å². The number of hydrogen-bond acceptors (Lipinski definition) is 4. The van der Waals surface area contributed by atoms with Crippen molar-refractivity contribution in [3.63, 3.8) is 0 Å². The maximum Gasteiger partial charge on any atom is 0.435 e. The minimum absolute atomic E-state index is 0.139. The van der Waals surface area contributed by atoms with Crippen molar-refractivity contribution in [1.82, 2.24) is 0 Å². The van der Waals surface area contributed by atoms with Gasteiger partial charge in [0.05, 0.1) is 0 Å². The number of halogens is 4. The van der Waals surface area contributed by atoms with Crippen molar-refractivity contribution in [1.29, 1.82) is 0 Å². The Bertz CT molecular complexity index is 972. The summed E-state index contributed by atoms with van der Waals surface area (Å²) in [7, 11) is -6.36. The van der Waals surface area contributed by atoms with Crippen LogP contribution in [-0.2, 0) is 19.6 Å². The molecule has 0 amide bonds. The van der Waals surface area contributed by atoms with Gasteiger partial charge in [-0.2, -0.15) is 26.0 Å². The van der Waals surface area contributed by atoms with Crippen molar-refractivity contribution >= 4 is 16.1 Å². The number of carbonyl (C=O) groups is 1. The fraction of sp³-hybridized carbons (Fsp3) is 0.963. The molecule has 0 aliphatic heterocycles. The van der Waals surface area contributed by atoms with Gasteiger partial charge in [-0.05, 0) is 104 Å². The molecule has 4 aliphatic rings. The van der Waals surface area contributed by atoms with Crippen molar-refractivity contribution < 1.29 is 40.1 Å². The number of alkyl halides is 4. The monoisotopic (exact) mass is 554 g/mol. The van der Waals surface area contributed by atoms with Gasteiger partial charge in [0, 0.05) is 6.42 Å². The van der Waals surface area contributed by atoms with Crippen LogP contribution in [0.4, 0.5) is 17.6 Å². The standard InChI is InChI=1S/C27H42F4O5S/c1-17(7-12-23(32)36-16-26(28,29)27(30,31)37(33,34)35)20-10-11-21-19-9-8-18-6-4-5-14-24(18,2)22(19)13-15-25(20,21)3/h17-22H,4-16H2,1-3H3,(H,33,34,35)/t17-,18+,19+,20-,21+,22+,24+,25-/m1/s1. The van der Waals surface area contributed by atoms with Crippen LogP contribution in [0.2, 0.25) is 0 Å². The van der Waals surface area contributed by atoms with E-state index in [1.165, 1.54) is 51.4 Å². The first-order chi connectivity index (χ1) is 17.0. The summed E-state index contributed by atoms with van der Waals surface area (Å²) < 4.78 is 87.9. The smallest absolute Gasteiger partial charge is 0.435 e. The van der Waals surface area contributed by atoms with Crippen molar-refractivity contribution in [3.05, 3.63) is 0 Å². The van der Waals surface area contributed by atoms with E-state index in [4.69, 9.17) is 4.55 Å².